The minimum atomic E-state index is 0.894. The highest BCUT2D eigenvalue weighted by Crippen LogP contribution is 2.31. The van der Waals surface area contributed by atoms with Crippen LogP contribution in [0.3, 0.4) is 0 Å². The first-order valence-electron chi connectivity index (χ1n) is 8.58. The molecule has 0 saturated carbocycles. The van der Waals surface area contributed by atoms with Gasteiger partial charge >= 0.3 is 0 Å². The predicted octanol–water partition coefficient (Wildman–Crippen LogP) is 2.96. The maximum absolute atomic E-state index is 4.62. The van der Waals surface area contributed by atoms with Gasteiger partial charge in [-0.15, -0.1) is 10.2 Å². The number of pyridine rings is 1. The highest BCUT2D eigenvalue weighted by Gasteiger charge is 2.20. The molecule has 4 rings (SSSR count). The molecule has 3 aromatic rings. The average molecular weight is 331 g/mol. The Labute approximate surface area is 148 Å². The van der Waals surface area contributed by atoms with Gasteiger partial charge in [0.2, 0.25) is 0 Å². The Morgan fingerprint density at radius 3 is 2.24 bits per heavy atom. The predicted molar refractivity (Wildman–Crippen MR) is 100 cm³/mol. The number of likely N-dealkylation sites (N-methyl/N-ethyl adjacent to an activating group) is 1. The first-order chi connectivity index (χ1) is 12.3. The molecule has 1 fully saturated rings. The standard InChI is InChI=1S/C20H21N5/c1-24-11-13-25(14-12-24)20-18(16-7-9-21-10-8-16)15-19(22-23-20)17-5-3-2-4-6-17/h2-10,15H,11-14H2,1H3. The summed E-state index contributed by atoms with van der Waals surface area (Å²) in [4.78, 5) is 8.82. The summed E-state index contributed by atoms with van der Waals surface area (Å²) in [5.41, 5.74) is 4.21. The number of piperazine rings is 1. The van der Waals surface area contributed by atoms with Crippen molar-refractivity contribution < 1.29 is 0 Å². The number of rotatable bonds is 3. The van der Waals surface area contributed by atoms with E-state index in [0.717, 1.165) is 54.4 Å². The Kier molecular flexibility index (Phi) is 4.39. The van der Waals surface area contributed by atoms with Gasteiger partial charge in [0, 0.05) is 49.7 Å². The summed E-state index contributed by atoms with van der Waals surface area (Å²) in [7, 11) is 2.16. The van der Waals surface area contributed by atoms with Gasteiger partial charge in [0.05, 0.1) is 5.69 Å². The molecule has 1 saturated heterocycles. The zero-order valence-corrected chi connectivity index (χ0v) is 14.3. The lowest BCUT2D eigenvalue weighted by atomic mass is 10.0. The van der Waals surface area contributed by atoms with Crippen molar-refractivity contribution in [1.82, 2.24) is 20.1 Å². The minimum absolute atomic E-state index is 0.894. The summed E-state index contributed by atoms with van der Waals surface area (Å²) in [5.74, 6) is 0.957. The van der Waals surface area contributed by atoms with Crippen LogP contribution in [0, 0.1) is 0 Å². The van der Waals surface area contributed by atoms with Crippen LogP contribution in [0.4, 0.5) is 5.82 Å². The van der Waals surface area contributed by atoms with Gasteiger partial charge in [-0.25, -0.2) is 0 Å². The molecule has 0 unspecified atom stereocenters. The van der Waals surface area contributed by atoms with Gasteiger partial charge in [0.15, 0.2) is 5.82 Å². The molecular formula is C20H21N5. The molecule has 1 aromatic carbocycles. The van der Waals surface area contributed by atoms with Crippen molar-refractivity contribution in [3.8, 4) is 22.4 Å². The Morgan fingerprint density at radius 2 is 1.52 bits per heavy atom. The van der Waals surface area contributed by atoms with Crippen molar-refractivity contribution in [3.05, 3.63) is 60.9 Å². The van der Waals surface area contributed by atoms with E-state index in [-0.39, 0.29) is 0 Å². The Balaban J connectivity index is 1.78. The first-order valence-corrected chi connectivity index (χ1v) is 8.58. The molecule has 0 N–H and O–H groups in total. The highest BCUT2D eigenvalue weighted by atomic mass is 15.3. The molecule has 0 atom stereocenters. The van der Waals surface area contributed by atoms with Crippen molar-refractivity contribution in [2.24, 2.45) is 0 Å². The second-order valence-electron chi connectivity index (χ2n) is 6.36. The van der Waals surface area contributed by atoms with E-state index in [1.807, 2.05) is 42.7 Å². The largest absolute Gasteiger partial charge is 0.352 e. The molecular weight excluding hydrogens is 310 g/mol. The summed E-state index contributed by atoms with van der Waals surface area (Å²) in [6.07, 6.45) is 3.65. The fraction of sp³-hybridized carbons (Fsp3) is 0.250. The van der Waals surface area contributed by atoms with Crippen molar-refractivity contribution >= 4 is 5.82 Å². The molecule has 3 heterocycles. The van der Waals surface area contributed by atoms with Crippen LogP contribution in [-0.2, 0) is 0 Å². The molecule has 5 heteroatoms. The molecule has 1 aliphatic heterocycles. The lowest BCUT2D eigenvalue weighted by molar-refractivity contribution is 0.312. The van der Waals surface area contributed by atoms with E-state index in [0.29, 0.717) is 0 Å². The Morgan fingerprint density at radius 1 is 0.800 bits per heavy atom. The van der Waals surface area contributed by atoms with E-state index < -0.39 is 0 Å². The van der Waals surface area contributed by atoms with Crippen LogP contribution in [0.1, 0.15) is 0 Å². The third-order valence-electron chi connectivity index (χ3n) is 4.64. The number of benzene rings is 1. The topological polar surface area (TPSA) is 45.2 Å². The van der Waals surface area contributed by atoms with Crippen molar-refractivity contribution in [2.75, 3.05) is 38.1 Å². The van der Waals surface area contributed by atoms with Gasteiger partial charge in [-0.3, -0.25) is 4.98 Å². The van der Waals surface area contributed by atoms with E-state index in [1.54, 1.807) is 0 Å². The third-order valence-corrected chi connectivity index (χ3v) is 4.64. The lowest BCUT2D eigenvalue weighted by Crippen LogP contribution is -2.45. The second-order valence-corrected chi connectivity index (χ2v) is 6.36. The minimum Gasteiger partial charge on any atom is -0.352 e. The van der Waals surface area contributed by atoms with Crippen LogP contribution in [-0.4, -0.2) is 53.3 Å². The number of hydrogen-bond donors (Lipinski definition) is 0. The maximum Gasteiger partial charge on any atom is 0.159 e. The van der Waals surface area contributed by atoms with Crippen LogP contribution >= 0.6 is 0 Å². The Bertz CT molecular complexity index is 827. The van der Waals surface area contributed by atoms with E-state index in [1.165, 1.54) is 0 Å². The summed E-state index contributed by atoms with van der Waals surface area (Å²) in [6, 6.07) is 16.4. The van der Waals surface area contributed by atoms with E-state index in [2.05, 4.69) is 50.2 Å². The molecule has 0 aliphatic carbocycles. The summed E-state index contributed by atoms with van der Waals surface area (Å²) in [6.45, 7) is 4.01. The van der Waals surface area contributed by atoms with Gasteiger partial charge in [0.1, 0.15) is 0 Å². The molecule has 0 bridgehead atoms. The fourth-order valence-corrected chi connectivity index (χ4v) is 3.13. The maximum atomic E-state index is 4.62. The fourth-order valence-electron chi connectivity index (χ4n) is 3.13. The third kappa shape index (κ3) is 3.37. The summed E-state index contributed by atoms with van der Waals surface area (Å²) >= 11 is 0. The van der Waals surface area contributed by atoms with Gasteiger partial charge in [-0.05, 0) is 30.8 Å². The normalized spacial score (nSPS) is 15.3. The molecule has 1 aliphatic rings. The van der Waals surface area contributed by atoms with E-state index in [4.69, 9.17) is 0 Å². The van der Waals surface area contributed by atoms with E-state index >= 15 is 0 Å². The molecule has 5 nitrogen and oxygen atoms in total. The monoisotopic (exact) mass is 331 g/mol. The van der Waals surface area contributed by atoms with Crippen LogP contribution in [0.2, 0.25) is 0 Å². The zero-order chi connectivity index (χ0) is 17.1. The molecule has 2 aromatic heterocycles. The number of anilines is 1. The number of aromatic nitrogens is 3. The molecule has 25 heavy (non-hydrogen) atoms. The van der Waals surface area contributed by atoms with Gasteiger partial charge in [-0.1, -0.05) is 30.3 Å². The SMILES string of the molecule is CN1CCN(c2nnc(-c3ccccc3)cc2-c2ccncc2)CC1. The van der Waals surface area contributed by atoms with Gasteiger partial charge in [-0.2, -0.15) is 0 Å². The second kappa shape index (κ2) is 6.99. The lowest BCUT2D eigenvalue weighted by Gasteiger charge is -2.34. The van der Waals surface area contributed by atoms with Crippen LogP contribution in [0.25, 0.3) is 22.4 Å². The first kappa shape index (κ1) is 15.7. The zero-order valence-electron chi connectivity index (χ0n) is 14.3. The van der Waals surface area contributed by atoms with Crippen molar-refractivity contribution in [1.29, 1.82) is 0 Å². The smallest absolute Gasteiger partial charge is 0.159 e. The Hall–Kier alpha value is -2.79. The molecule has 0 spiro atoms. The highest BCUT2D eigenvalue weighted by molar-refractivity contribution is 5.79. The quantitative estimate of drug-likeness (QED) is 0.738. The van der Waals surface area contributed by atoms with Gasteiger partial charge < -0.3 is 9.80 Å². The van der Waals surface area contributed by atoms with Crippen LogP contribution in [0.5, 0.6) is 0 Å². The van der Waals surface area contributed by atoms with Gasteiger partial charge in [0.25, 0.3) is 0 Å². The summed E-state index contributed by atoms with van der Waals surface area (Å²) < 4.78 is 0. The average Bonchev–Trinajstić information content (AvgIpc) is 2.70. The molecule has 0 amide bonds. The van der Waals surface area contributed by atoms with Crippen LogP contribution in [0.15, 0.2) is 60.9 Å². The summed E-state index contributed by atoms with van der Waals surface area (Å²) in [5, 5.41) is 9.13. The number of hydrogen-bond acceptors (Lipinski definition) is 5. The van der Waals surface area contributed by atoms with Crippen LogP contribution < -0.4 is 4.90 Å². The molecule has 126 valence electrons. The van der Waals surface area contributed by atoms with Crippen molar-refractivity contribution in [3.63, 3.8) is 0 Å². The number of nitrogens with zero attached hydrogens (tertiary/aromatic N) is 5. The van der Waals surface area contributed by atoms with E-state index in [9.17, 15) is 0 Å². The molecule has 0 radical (unpaired) electrons. The van der Waals surface area contributed by atoms with Crippen molar-refractivity contribution in [2.45, 2.75) is 0 Å².